The van der Waals surface area contributed by atoms with Gasteiger partial charge in [-0.3, -0.25) is 5.10 Å². The molecule has 0 saturated heterocycles. The molecule has 0 spiro atoms. The highest BCUT2D eigenvalue weighted by Crippen LogP contribution is 2.30. The number of nitrogens with one attached hydrogen (secondary N) is 1. The van der Waals surface area contributed by atoms with E-state index in [1.807, 2.05) is 6.92 Å². The van der Waals surface area contributed by atoms with E-state index < -0.39 is 5.82 Å². The molecule has 3 N–H and O–H groups in total. The second kappa shape index (κ2) is 3.55. The van der Waals surface area contributed by atoms with Gasteiger partial charge >= 0.3 is 0 Å². The highest BCUT2D eigenvalue weighted by Gasteiger charge is 2.11. The molecule has 0 atom stereocenters. The summed E-state index contributed by atoms with van der Waals surface area (Å²) in [6.45, 7) is 1.84. The maximum Gasteiger partial charge on any atom is 0.153 e. The largest absolute Gasteiger partial charge is 0.382 e. The Balaban J connectivity index is 2.59. The Morgan fingerprint density at radius 3 is 2.73 bits per heavy atom. The molecule has 0 aliphatic carbocycles. The number of H-pyrrole nitrogens is 1. The Bertz CT molecular complexity index is 488. The average Bonchev–Trinajstić information content (AvgIpc) is 2.52. The molecule has 78 valence electrons. The summed E-state index contributed by atoms with van der Waals surface area (Å²) in [5, 5.41) is 6.69. The van der Waals surface area contributed by atoms with Crippen LogP contribution < -0.4 is 5.73 Å². The monoisotopic (exact) mass is 225 g/mol. The number of rotatable bonds is 1. The second-order valence-electron chi connectivity index (χ2n) is 3.24. The second-order valence-corrected chi connectivity index (χ2v) is 3.64. The SMILES string of the molecule is Cc1[nH]nc(N)c1-c1ccc(F)c(Cl)c1. The van der Waals surface area contributed by atoms with Crippen molar-refractivity contribution in [3.05, 3.63) is 34.7 Å². The third-order valence-corrected chi connectivity index (χ3v) is 2.47. The van der Waals surface area contributed by atoms with E-state index in [0.29, 0.717) is 5.82 Å². The minimum absolute atomic E-state index is 0.0764. The summed E-state index contributed by atoms with van der Waals surface area (Å²) >= 11 is 5.69. The number of anilines is 1. The van der Waals surface area contributed by atoms with E-state index in [2.05, 4.69) is 10.2 Å². The van der Waals surface area contributed by atoms with Gasteiger partial charge in [0.25, 0.3) is 0 Å². The molecular weight excluding hydrogens is 217 g/mol. The molecule has 1 aromatic carbocycles. The van der Waals surface area contributed by atoms with Crippen molar-refractivity contribution >= 4 is 17.4 Å². The Hall–Kier alpha value is -1.55. The predicted octanol–water partition coefficient (Wildman–Crippen LogP) is 2.76. The third-order valence-electron chi connectivity index (χ3n) is 2.18. The summed E-state index contributed by atoms with van der Waals surface area (Å²) in [5.41, 5.74) is 8.03. The van der Waals surface area contributed by atoms with Gasteiger partial charge in [-0.1, -0.05) is 17.7 Å². The molecule has 0 amide bonds. The van der Waals surface area contributed by atoms with Crippen molar-refractivity contribution in [1.29, 1.82) is 0 Å². The first-order valence-corrected chi connectivity index (χ1v) is 4.73. The maximum absolute atomic E-state index is 13.0. The number of aromatic amines is 1. The minimum atomic E-state index is -0.444. The van der Waals surface area contributed by atoms with Crippen molar-refractivity contribution in [1.82, 2.24) is 10.2 Å². The molecule has 0 unspecified atom stereocenters. The number of hydrogen-bond acceptors (Lipinski definition) is 2. The quantitative estimate of drug-likeness (QED) is 0.784. The minimum Gasteiger partial charge on any atom is -0.382 e. The fourth-order valence-corrected chi connectivity index (χ4v) is 1.64. The lowest BCUT2D eigenvalue weighted by Crippen LogP contribution is -1.89. The first kappa shape index (κ1) is 9.98. The van der Waals surface area contributed by atoms with Crippen LogP contribution in [0.5, 0.6) is 0 Å². The fourth-order valence-electron chi connectivity index (χ4n) is 1.46. The van der Waals surface area contributed by atoms with E-state index in [1.54, 1.807) is 6.07 Å². The van der Waals surface area contributed by atoms with Crippen molar-refractivity contribution in [2.24, 2.45) is 0 Å². The highest BCUT2D eigenvalue weighted by atomic mass is 35.5. The lowest BCUT2D eigenvalue weighted by molar-refractivity contribution is 0.628. The number of halogens is 2. The van der Waals surface area contributed by atoms with Crippen LogP contribution in [0.4, 0.5) is 10.2 Å². The summed E-state index contributed by atoms with van der Waals surface area (Å²) in [7, 11) is 0. The zero-order valence-corrected chi connectivity index (χ0v) is 8.77. The van der Waals surface area contributed by atoms with Crippen molar-refractivity contribution < 1.29 is 4.39 Å². The maximum atomic E-state index is 13.0. The van der Waals surface area contributed by atoms with E-state index in [0.717, 1.165) is 16.8 Å². The van der Waals surface area contributed by atoms with E-state index in [-0.39, 0.29) is 5.02 Å². The molecule has 1 heterocycles. The van der Waals surface area contributed by atoms with E-state index in [1.165, 1.54) is 12.1 Å². The summed E-state index contributed by atoms with van der Waals surface area (Å²) in [4.78, 5) is 0. The van der Waals surface area contributed by atoms with Crippen molar-refractivity contribution in [2.45, 2.75) is 6.92 Å². The predicted molar refractivity (Wildman–Crippen MR) is 58.1 cm³/mol. The number of aryl methyl sites for hydroxylation is 1. The summed E-state index contributed by atoms with van der Waals surface area (Å²) < 4.78 is 13.0. The van der Waals surface area contributed by atoms with Crippen LogP contribution in [0, 0.1) is 12.7 Å². The summed E-state index contributed by atoms with van der Waals surface area (Å²) in [5.74, 6) is -0.0599. The van der Waals surface area contributed by atoms with Gasteiger partial charge in [0.1, 0.15) is 5.82 Å². The zero-order valence-electron chi connectivity index (χ0n) is 8.01. The summed E-state index contributed by atoms with van der Waals surface area (Å²) in [6.07, 6.45) is 0. The van der Waals surface area contributed by atoms with E-state index >= 15 is 0 Å². The van der Waals surface area contributed by atoms with Gasteiger partial charge in [-0.2, -0.15) is 5.10 Å². The van der Waals surface area contributed by atoms with Gasteiger partial charge in [-0.25, -0.2) is 4.39 Å². The molecule has 0 radical (unpaired) electrons. The van der Waals surface area contributed by atoms with Gasteiger partial charge in [-0.05, 0) is 24.6 Å². The molecule has 3 nitrogen and oxygen atoms in total. The Kier molecular flexibility index (Phi) is 2.36. The van der Waals surface area contributed by atoms with Crippen molar-refractivity contribution in [2.75, 3.05) is 5.73 Å². The Labute approximate surface area is 91.1 Å². The molecule has 0 fully saturated rings. The van der Waals surface area contributed by atoms with Crippen LogP contribution in [0.1, 0.15) is 5.69 Å². The van der Waals surface area contributed by atoms with Crippen LogP contribution in [0.15, 0.2) is 18.2 Å². The first-order chi connectivity index (χ1) is 7.09. The van der Waals surface area contributed by atoms with Crippen LogP contribution in [-0.4, -0.2) is 10.2 Å². The molecule has 5 heteroatoms. The van der Waals surface area contributed by atoms with Crippen LogP contribution in [-0.2, 0) is 0 Å². The number of nitrogens with zero attached hydrogens (tertiary/aromatic N) is 1. The molecule has 0 bridgehead atoms. The lowest BCUT2D eigenvalue weighted by atomic mass is 10.1. The first-order valence-electron chi connectivity index (χ1n) is 4.35. The average molecular weight is 226 g/mol. The van der Waals surface area contributed by atoms with Crippen molar-refractivity contribution in [3.8, 4) is 11.1 Å². The van der Waals surface area contributed by atoms with Gasteiger partial charge < -0.3 is 5.73 Å². The molecule has 0 aliphatic rings. The molecule has 0 aliphatic heterocycles. The molecule has 15 heavy (non-hydrogen) atoms. The van der Waals surface area contributed by atoms with Gasteiger partial charge in [0.05, 0.1) is 5.02 Å². The fraction of sp³-hybridized carbons (Fsp3) is 0.100. The number of nitrogens with two attached hydrogens (primary N) is 1. The Morgan fingerprint density at radius 2 is 2.20 bits per heavy atom. The highest BCUT2D eigenvalue weighted by molar-refractivity contribution is 6.31. The number of nitrogen functional groups attached to an aromatic ring is 1. The van der Waals surface area contributed by atoms with E-state index in [4.69, 9.17) is 17.3 Å². The topological polar surface area (TPSA) is 54.7 Å². The van der Waals surface area contributed by atoms with Gasteiger partial charge in [0.2, 0.25) is 0 Å². The molecule has 1 aromatic heterocycles. The molecule has 2 rings (SSSR count). The van der Waals surface area contributed by atoms with Crippen LogP contribution in [0.25, 0.3) is 11.1 Å². The molecule has 2 aromatic rings. The smallest absolute Gasteiger partial charge is 0.153 e. The van der Waals surface area contributed by atoms with Gasteiger partial charge in [0.15, 0.2) is 5.82 Å². The number of hydrogen-bond donors (Lipinski definition) is 2. The number of benzene rings is 1. The van der Waals surface area contributed by atoms with Gasteiger partial charge in [0, 0.05) is 11.3 Å². The molecular formula is C10H9ClFN3. The van der Waals surface area contributed by atoms with Crippen LogP contribution in [0.3, 0.4) is 0 Å². The van der Waals surface area contributed by atoms with Gasteiger partial charge in [-0.15, -0.1) is 0 Å². The van der Waals surface area contributed by atoms with Crippen LogP contribution >= 0.6 is 11.6 Å². The van der Waals surface area contributed by atoms with E-state index in [9.17, 15) is 4.39 Å². The zero-order chi connectivity index (χ0) is 11.0. The number of aromatic nitrogens is 2. The lowest BCUT2D eigenvalue weighted by Gasteiger charge is -2.02. The molecule has 0 saturated carbocycles. The van der Waals surface area contributed by atoms with Crippen molar-refractivity contribution in [3.63, 3.8) is 0 Å². The summed E-state index contributed by atoms with van der Waals surface area (Å²) in [6, 6.07) is 4.46. The van der Waals surface area contributed by atoms with Crippen LogP contribution in [0.2, 0.25) is 5.02 Å². The third kappa shape index (κ3) is 1.68. The Morgan fingerprint density at radius 1 is 1.47 bits per heavy atom. The normalized spacial score (nSPS) is 10.6. The standard InChI is InChI=1S/C10H9ClFN3/c1-5-9(10(13)15-14-5)6-2-3-8(12)7(11)4-6/h2-4H,1H3,(H3,13,14,15).